The molecule has 0 saturated carbocycles. The molecule has 2 N–H and O–H groups in total. The molecule has 1 atom stereocenters. The molecule has 7 nitrogen and oxygen atoms in total. The predicted octanol–water partition coefficient (Wildman–Crippen LogP) is 1.45. The molecule has 2 aromatic heterocycles. The van der Waals surface area contributed by atoms with Gasteiger partial charge in [-0.25, -0.2) is 18.1 Å². The van der Waals surface area contributed by atoms with Crippen molar-refractivity contribution >= 4 is 21.1 Å². The summed E-state index contributed by atoms with van der Waals surface area (Å²) in [6, 6.07) is 1.59. The van der Waals surface area contributed by atoms with Crippen LogP contribution in [0, 0.1) is 5.92 Å². The van der Waals surface area contributed by atoms with Gasteiger partial charge in [-0.05, 0) is 50.8 Å². The van der Waals surface area contributed by atoms with Crippen molar-refractivity contribution in [3.63, 3.8) is 0 Å². The summed E-state index contributed by atoms with van der Waals surface area (Å²) in [6.45, 7) is 4.41. The Morgan fingerprint density at radius 3 is 3.09 bits per heavy atom. The highest BCUT2D eigenvalue weighted by Gasteiger charge is 2.19. The first-order chi connectivity index (χ1) is 11.1. The van der Waals surface area contributed by atoms with Crippen molar-refractivity contribution < 1.29 is 12.9 Å². The van der Waals surface area contributed by atoms with Gasteiger partial charge in [-0.2, -0.15) is 0 Å². The van der Waals surface area contributed by atoms with Crippen LogP contribution >= 0.6 is 0 Å². The van der Waals surface area contributed by atoms with Crippen molar-refractivity contribution in [3.8, 4) is 0 Å². The first-order valence-electron chi connectivity index (χ1n) is 8.05. The molecule has 1 aliphatic rings. The van der Waals surface area contributed by atoms with Crippen LogP contribution in [0.1, 0.15) is 31.9 Å². The molecule has 1 fully saturated rings. The molecule has 2 aromatic rings. The number of aromatic nitrogens is 2. The molecule has 0 aliphatic carbocycles. The molecule has 3 heterocycles. The minimum Gasteiger partial charge on any atom is -0.336 e. The summed E-state index contributed by atoms with van der Waals surface area (Å²) in [6.07, 6.45) is 5.14. The van der Waals surface area contributed by atoms with Crippen LogP contribution in [0.3, 0.4) is 0 Å². The van der Waals surface area contributed by atoms with E-state index in [4.69, 9.17) is 4.52 Å². The number of rotatable bonds is 6. The van der Waals surface area contributed by atoms with Crippen LogP contribution < -0.4 is 10.0 Å². The Kier molecular flexibility index (Phi) is 4.93. The number of sulfonamides is 1. The highest BCUT2D eigenvalue weighted by atomic mass is 32.2. The van der Waals surface area contributed by atoms with Crippen molar-refractivity contribution in [1.29, 1.82) is 0 Å². The van der Waals surface area contributed by atoms with Gasteiger partial charge < -0.3 is 9.84 Å². The molecule has 126 valence electrons. The number of pyridine rings is 1. The summed E-state index contributed by atoms with van der Waals surface area (Å²) in [5, 5.41) is 7.90. The smallest absolute Gasteiger partial charge is 0.258 e. The van der Waals surface area contributed by atoms with Crippen molar-refractivity contribution in [2.24, 2.45) is 5.92 Å². The monoisotopic (exact) mass is 338 g/mol. The molecule has 0 amide bonds. The van der Waals surface area contributed by atoms with Gasteiger partial charge in [0, 0.05) is 6.54 Å². The number of hydrogen-bond donors (Lipinski definition) is 2. The van der Waals surface area contributed by atoms with E-state index in [0.29, 0.717) is 30.0 Å². The number of piperidine rings is 1. The molecule has 0 aromatic carbocycles. The molecule has 0 spiro atoms. The van der Waals surface area contributed by atoms with Crippen molar-refractivity contribution in [3.05, 3.63) is 18.0 Å². The molecule has 3 rings (SSSR count). The lowest BCUT2D eigenvalue weighted by atomic mass is 9.96. The van der Waals surface area contributed by atoms with E-state index in [1.165, 1.54) is 6.20 Å². The average molecular weight is 338 g/mol. The fourth-order valence-corrected chi connectivity index (χ4v) is 3.93. The van der Waals surface area contributed by atoms with Crippen molar-refractivity contribution in [1.82, 2.24) is 20.2 Å². The minimum absolute atomic E-state index is 0.157. The van der Waals surface area contributed by atoms with E-state index >= 15 is 0 Å². The van der Waals surface area contributed by atoms with Gasteiger partial charge in [0.05, 0.1) is 17.3 Å². The van der Waals surface area contributed by atoms with Gasteiger partial charge in [0.15, 0.2) is 0 Å². The summed E-state index contributed by atoms with van der Waals surface area (Å²) in [5.74, 6) is 0.539. The Balaban J connectivity index is 1.68. The summed E-state index contributed by atoms with van der Waals surface area (Å²) in [7, 11) is -3.56. The van der Waals surface area contributed by atoms with Gasteiger partial charge in [-0.15, -0.1) is 0 Å². The minimum atomic E-state index is -3.56. The van der Waals surface area contributed by atoms with Crippen LogP contribution in [0.25, 0.3) is 11.1 Å². The molecule has 23 heavy (non-hydrogen) atoms. The Hall–Kier alpha value is -1.51. The molecule has 1 saturated heterocycles. The van der Waals surface area contributed by atoms with E-state index in [0.717, 1.165) is 38.0 Å². The fraction of sp³-hybridized carbons (Fsp3) is 0.600. The number of hydrogen-bond acceptors (Lipinski definition) is 6. The second kappa shape index (κ2) is 6.94. The van der Waals surface area contributed by atoms with Gasteiger partial charge in [0.2, 0.25) is 10.0 Å². The highest BCUT2D eigenvalue weighted by molar-refractivity contribution is 7.89. The fourth-order valence-electron chi connectivity index (χ4n) is 2.91. The van der Waals surface area contributed by atoms with Crippen LogP contribution in [0.4, 0.5) is 0 Å². The van der Waals surface area contributed by atoms with Gasteiger partial charge in [0.1, 0.15) is 4.90 Å². The molecular weight excluding hydrogens is 316 g/mol. The van der Waals surface area contributed by atoms with Crippen LogP contribution in [0.5, 0.6) is 0 Å². The maximum atomic E-state index is 12.4. The zero-order chi connectivity index (χ0) is 16.3. The van der Waals surface area contributed by atoms with E-state index in [9.17, 15) is 8.42 Å². The van der Waals surface area contributed by atoms with E-state index < -0.39 is 10.0 Å². The zero-order valence-electron chi connectivity index (χ0n) is 13.2. The Morgan fingerprint density at radius 2 is 2.35 bits per heavy atom. The highest BCUT2D eigenvalue weighted by Crippen LogP contribution is 2.20. The normalized spacial score (nSPS) is 19.3. The van der Waals surface area contributed by atoms with E-state index in [1.54, 1.807) is 6.07 Å². The van der Waals surface area contributed by atoms with Gasteiger partial charge in [0.25, 0.3) is 5.71 Å². The van der Waals surface area contributed by atoms with Crippen LogP contribution in [-0.2, 0) is 16.4 Å². The Labute approximate surface area is 135 Å². The second-order valence-corrected chi connectivity index (χ2v) is 7.67. The maximum absolute atomic E-state index is 12.4. The summed E-state index contributed by atoms with van der Waals surface area (Å²) < 4.78 is 32.6. The largest absolute Gasteiger partial charge is 0.336 e. The second-order valence-electron chi connectivity index (χ2n) is 5.91. The SMILES string of the molecule is CCc1noc2ncc(S(=O)(=O)NCCC3CCCNC3)cc12. The van der Waals surface area contributed by atoms with Gasteiger partial charge >= 0.3 is 0 Å². The zero-order valence-corrected chi connectivity index (χ0v) is 14.0. The van der Waals surface area contributed by atoms with Crippen molar-refractivity contribution in [2.45, 2.75) is 37.5 Å². The molecule has 8 heteroatoms. The third-order valence-corrected chi connectivity index (χ3v) is 5.70. The Morgan fingerprint density at radius 1 is 1.48 bits per heavy atom. The average Bonchev–Trinajstić information content (AvgIpc) is 2.98. The third kappa shape index (κ3) is 3.70. The maximum Gasteiger partial charge on any atom is 0.258 e. The lowest BCUT2D eigenvalue weighted by Gasteiger charge is -2.22. The standard InChI is InChI=1S/C15H22N4O3S/c1-2-14-13-8-12(10-17-15(13)22-19-14)23(20,21)18-7-5-11-4-3-6-16-9-11/h8,10-11,16,18H,2-7,9H2,1H3. The lowest BCUT2D eigenvalue weighted by molar-refractivity contribution is 0.358. The van der Waals surface area contributed by atoms with E-state index in [2.05, 4.69) is 20.2 Å². The van der Waals surface area contributed by atoms with Crippen LogP contribution in [0.15, 0.2) is 21.7 Å². The first-order valence-corrected chi connectivity index (χ1v) is 9.53. The Bertz CT molecular complexity index is 766. The molecule has 0 radical (unpaired) electrons. The van der Waals surface area contributed by atoms with Gasteiger partial charge in [-0.1, -0.05) is 12.1 Å². The first kappa shape index (κ1) is 16.4. The number of nitrogens with zero attached hydrogens (tertiary/aromatic N) is 2. The van der Waals surface area contributed by atoms with Crippen LogP contribution in [0.2, 0.25) is 0 Å². The number of nitrogens with one attached hydrogen (secondary N) is 2. The third-order valence-electron chi connectivity index (χ3n) is 4.27. The van der Waals surface area contributed by atoms with Crippen molar-refractivity contribution in [2.75, 3.05) is 19.6 Å². The van der Waals surface area contributed by atoms with E-state index in [1.807, 2.05) is 6.92 Å². The number of fused-ring (bicyclic) bond motifs is 1. The quantitative estimate of drug-likeness (QED) is 0.827. The summed E-state index contributed by atoms with van der Waals surface area (Å²) in [5.41, 5.74) is 1.09. The molecule has 1 aliphatic heterocycles. The molecular formula is C15H22N4O3S. The lowest BCUT2D eigenvalue weighted by Crippen LogP contribution is -2.33. The summed E-state index contributed by atoms with van der Waals surface area (Å²) >= 11 is 0. The topological polar surface area (TPSA) is 97.1 Å². The predicted molar refractivity (Wildman–Crippen MR) is 86.6 cm³/mol. The van der Waals surface area contributed by atoms with E-state index in [-0.39, 0.29) is 4.90 Å². The van der Waals surface area contributed by atoms with Crippen LogP contribution in [-0.4, -0.2) is 38.2 Å². The molecule has 0 bridgehead atoms. The number of aryl methyl sites for hydroxylation is 1. The summed E-state index contributed by atoms with van der Waals surface area (Å²) in [4.78, 5) is 4.21. The molecule has 1 unspecified atom stereocenters. The van der Waals surface area contributed by atoms with Gasteiger partial charge in [-0.3, -0.25) is 0 Å².